The van der Waals surface area contributed by atoms with Crippen molar-refractivity contribution in [2.75, 3.05) is 13.2 Å². The van der Waals surface area contributed by atoms with Crippen LogP contribution in [0.1, 0.15) is 38.1 Å². The Bertz CT molecular complexity index is 525. The predicted octanol–water partition coefficient (Wildman–Crippen LogP) is 2.47. The van der Waals surface area contributed by atoms with Gasteiger partial charge in [-0.2, -0.15) is 5.10 Å². The van der Waals surface area contributed by atoms with Crippen LogP contribution in [0.4, 0.5) is 0 Å². The molecule has 1 N–H and O–H groups in total. The van der Waals surface area contributed by atoms with Crippen LogP contribution in [0.5, 0.6) is 0 Å². The van der Waals surface area contributed by atoms with Crippen LogP contribution in [-0.4, -0.2) is 34.4 Å². The molecule has 0 aromatic carbocycles. The van der Waals surface area contributed by atoms with Gasteiger partial charge in [-0.3, -0.25) is 4.68 Å². The second-order valence-corrected chi connectivity index (χ2v) is 6.02. The van der Waals surface area contributed by atoms with Gasteiger partial charge in [0.25, 0.3) is 0 Å². The Morgan fingerprint density at radius 1 is 1.48 bits per heavy atom. The number of nitrogens with zero attached hydrogens (tertiary/aromatic N) is 2. The zero-order valence-electron chi connectivity index (χ0n) is 13.2. The third-order valence-electron chi connectivity index (χ3n) is 4.10. The van der Waals surface area contributed by atoms with E-state index in [2.05, 4.69) is 10.4 Å². The number of halogens is 1. The molecule has 1 fully saturated rings. The third-order valence-corrected chi connectivity index (χ3v) is 4.65. The minimum atomic E-state index is -0.697. The predicted molar refractivity (Wildman–Crippen MR) is 82.5 cm³/mol. The van der Waals surface area contributed by atoms with Crippen molar-refractivity contribution in [2.45, 2.75) is 52.6 Å². The van der Waals surface area contributed by atoms with E-state index in [0.717, 1.165) is 24.2 Å². The second-order valence-electron chi connectivity index (χ2n) is 5.64. The molecule has 1 heterocycles. The van der Waals surface area contributed by atoms with E-state index in [9.17, 15) is 4.79 Å². The highest BCUT2D eigenvalue weighted by Crippen LogP contribution is 2.42. The van der Waals surface area contributed by atoms with Crippen molar-refractivity contribution < 1.29 is 9.53 Å². The topological polar surface area (TPSA) is 56.2 Å². The van der Waals surface area contributed by atoms with E-state index in [4.69, 9.17) is 16.3 Å². The van der Waals surface area contributed by atoms with Crippen molar-refractivity contribution in [3.8, 4) is 0 Å². The first-order valence-corrected chi connectivity index (χ1v) is 7.95. The number of aromatic nitrogens is 2. The van der Waals surface area contributed by atoms with Crippen LogP contribution < -0.4 is 5.32 Å². The summed E-state index contributed by atoms with van der Waals surface area (Å²) in [6, 6.07) is 0. The summed E-state index contributed by atoms with van der Waals surface area (Å²) in [4.78, 5) is 12.6. The summed E-state index contributed by atoms with van der Waals surface area (Å²) in [6.07, 6.45) is 2.08. The Morgan fingerprint density at radius 2 is 2.14 bits per heavy atom. The van der Waals surface area contributed by atoms with Gasteiger partial charge in [-0.1, -0.05) is 18.5 Å². The Kier molecular flexibility index (Phi) is 4.94. The van der Waals surface area contributed by atoms with Crippen LogP contribution in [0.2, 0.25) is 5.02 Å². The highest BCUT2D eigenvalue weighted by Gasteiger charge is 2.52. The van der Waals surface area contributed by atoms with Crippen molar-refractivity contribution in [1.29, 1.82) is 0 Å². The van der Waals surface area contributed by atoms with E-state index in [1.807, 2.05) is 32.4 Å². The largest absolute Gasteiger partial charge is 0.465 e. The van der Waals surface area contributed by atoms with Gasteiger partial charge in [0.2, 0.25) is 0 Å². The molecule has 1 saturated carbocycles. The normalized spacial score (nSPS) is 17.6. The second kappa shape index (κ2) is 6.36. The van der Waals surface area contributed by atoms with E-state index in [1.54, 1.807) is 0 Å². The molecule has 1 aliphatic rings. The van der Waals surface area contributed by atoms with Gasteiger partial charge in [-0.25, -0.2) is 4.79 Å². The average molecular weight is 314 g/mol. The number of carbonyl (C=O) groups excluding carboxylic acids is 1. The van der Waals surface area contributed by atoms with E-state index in [1.165, 1.54) is 0 Å². The lowest BCUT2D eigenvalue weighted by atomic mass is 9.92. The minimum Gasteiger partial charge on any atom is -0.465 e. The molecule has 1 aliphatic carbocycles. The number of rotatable bonds is 7. The quantitative estimate of drug-likeness (QED) is 0.786. The number of ether oxygens (including phenoxy) is 1. The number of aryl methyl sites for hydroxylation is 1. The number of likely N-dealkylation sites (N-methyl/N-ethyl adjacent to an activating group) is 1. The van der Waals surface area contributed by atoms with Crippen molar-refractivity contribution >= 4 is 17.6 Å². The smallest absolute Gasteiger partial charge is 0.328 e. The van der Waals surface area contributed by atoms with Crippen molar-refractivity contribution in [3.05, 3.63) is 16.4 Å². The van der Waals surface area contributed by atoms with Gasteiger partial charge < -0.3 is 10.1 Å². The fourth-order valence-corrected chi connectivity index (χ4v) is 2.98. The number of hydrogen-bond acceptors (Lipinski definition) is 4. The molecule has 21 heavy (non-hydrogen) atoms. The molecule has 0 spiro atoms. The Balaban J connectivity index is 2.34. The molecule has 1 aromatic rings. The Hall–Kier alpha value is -1.07. The van der Waals surface area contributed by atoms with Crippen LogP contribution in [-0.2, 0) is 16.1 Å². The number of esters is 1. The Labute approximate surface area is 131 Å². The molecule has 118 valence electrons. The van der Waals surface area contributed by atoms with Gasteiger partial charge >= 0.3 is 5.97 Å². The van der Waals surface area contributed by atoms with E-state index < -0.39 is 5.54 Å². The molecule has 2 rings (SSSR count). The number of carbonyl (C=O) groups is 1. The van der Waals surface area contributed by atoms with E-state index >= 15 is 0 Å². The summed E-state index contributed by atoms with van der Waals surface area (Å²) in [5, 5.41) is 8.50. The molecule has 6 heteroatoms. The van der Waals surface area contributed by atoms with E-state index in [-0.39, 0.29) is 5.97 Å². The molecule has 1 atom stereocenters. The molecule has 0 amide bonds. The highest BCUT2D eigenvalue weighted by molar-refractivity contribution is 6.31. The standard InChI is InChI=1S/C15H24ClN3O2/c1-5-17-15(12-7-8-12,14(20)21-6-2)9-19-11(4)13(16)10(3)18-19/h12,17H,5-9H2,1-4H3. The SMILES string of the molecule is CCNC(Cn1nc(C)c(Cl)c1C)(C(=O)OCC)C1CC1. The van der Waals surface area contributed by atoms with Gasteiger partial charge in [0.15, 0.2) is 0 Å². The highest BCUT2D eigenvalue weighted by atomic mass is 35.5. The molecule has 5 nitrogen and oxygen atoms in total. The maximum Gasteiger partial charge on any atom is 0.328 e. The molecule has 0 bridgehead atoms. The molecule has 0 aliphatic heterocycles. The maximum absolute atomic E-state index is 12.6. The van der Waals surface area contributed by atoms with Gasteiger partial charge in [0.1, 0.15) is 5.54 Å². The summed E-state index contributed by atoms with van der Waals surface area (Å²) in [6.45, 7) is 9.20. The van der Waals surface area contributed by atoms with Crippen LogP contribution in [0, 0.1) is 19.8 Å². The van der Waals surface area contributed by atoms with E-state index in [0.29, 0.717) is 30.6 Å². The summed E-state index contributed by atoms with van der Waals surface area (Å²) in [5.74, 6) is 0.122. The summed E-state index contributed by atoms with van der Waals surface area (Å²) >= 11 is 6.22. The molecule has 0 radical (unpaired) electrons. The third kappa shape index (κ3) is 3.09. The number of nitrogens with one attached hydrogen (secondary N) is 1. The lowest BCUT2D eigenvalue weighted by Crippen LogP contribution is -2.58. The molecule has 1 unspecified atom stereocenters. The number of hydrogen-bond donors (Lipinski definition) is 1. The zero-order chi connectivity index (χ0) is 15.6. The fraction of sp³-hybridized carbons (Fsp3) is 0.733. The monoisotopic (exact) mass is 313 g/mol. The fourth-order valence-electron chi connectivity index (χ4n) is 2.85. The van der Waals surface area contributed by atoms with Crippen LogP contribution in [0.25, 0.3) is 0 Å². The van der Waals surface area contributed by atoms with Crippen LogP contribution in [0.15, 0.2) is 0 Å². The first-order chi connectivity index (χ1) is 9.96. The summed E-state index contributed by atoms with van der Waals surface area (Å²) in [5.41, 5.74) is 0.984. The van der Waals surface area contributed by atoms with Gasteiger partial charge in [0, 0.05) is 0 Å². The van der Waals surface area contributed by atoms with Crippen molar-refractivity contribution in [1.82, 2.24) is 15.1 Å². The van der Waals surface area contributed by atoms with Gasteiger partial charge in [-0.15, -0.1) is 0 Å². The van der Waals surface area contributed by atoms with Crippen molar-refractivity contribution in [3.63, 3.8) is 0 Å². The van der Waals surface area contributed by atoms with Crippen LogP contribution in [0.3, 0.4) is 0 Å². The first kappa shape index (κ1) is 16.3. The lowest BCUT2D eigenvalue weighted by Gasteiger charge is -2.32. The average Bonchev–Trinajstić information content (AvgIpc) is 3.25. The molecular weight excluding hydrogens is 290 g/mol. The van der Waals surface area contributed by atoms with Crippen LogP contribution >= 0.6 is 11.6 Å². The summed E-state index contributed by atoms with van der Waals surface area (Å²) < 4.78 is 7.16. The Morgan fingerprint density at radius 3 is 2.57 bits per heavy atom. The lowest BCUT2D eigenvalue weighted by molar-refractivity contribution is -0.153. The van der Waals surface area contributed by atoms with Crippen molar-refractivity contribution in [2.24, 2.45) is 5.92 Å². The maximum atomic E-state index is 12.6. The molecule has 1 aromatic heterocycles. The first-order valence-electron chi connectivity index (χ1n) is 7.58. The van der Waals surface area contributed by atoms with Gasteiger partial charge in [-0.05, 0) is 46.1 Å². The van der Waals surface area contributed by atoms with Gasteiger partial charge in [0.05, 0.1) is 29.6 Å². The minimum absolute atomic E-state index is 0.182. The zero-order valence-corrected chi connectivity index (χ0v) is 14.0. The summed E-state index contributed by atoms with van der Waals surface area (Å²) in [7, 11) is 0. The molecular formula is C15H24ClN3O2. The molecule has 0 saturated heterocycles.